The van der Waals surface area contributed by atoms with Gasteiger partial charge < -0.3 is 10.1 Å². The second kappa shape index (κ2) is 5.03. The molecule has 0 spiro atoms. The van der Waals surface area contributed by atoms with Crippen molar-refractivity contribution in [2.24, 2.45) is 0 Å². The van der Waals surface area contributed by atoms with Crippen LogP contribution in [0.4, 0.5) is 5.69 Å². The molecule has 0 aromatic heterocycles. The van der Waals surface area contributed by atoms with E-state index in [9.17, 15) is 4.79 Å². The van der Waals surface area contributed by atoms with E-state index in [1.807, 2.05) is 19.9 Å². The zero-order chi connectivity index (χ0) is 11.4. The molecule has 0 fully saturated rings. The van der Waals surface area contributed by atoms with Crippen molar-refractivity contribution in [1.29, 1.82) is 0 Å². The van der Waals surface area contributed by atoms with E-state index in [-0.39, 0.29) is 6.04 Å². The molecular weight excluding hydrogens is 214 g/mol. The summed E-state index contributed by atoms with van der Waals surface area (Å²) in [6, 6.07) is 5.49. The minimum Gasteiger partial charge on any atom is -0.465 e. The van der Waals surface area contributed by atoms with E-state index < -0.39 is 5.97 Å². The number of esters is 1. The third-order valence-corrected chi connectivity index (χ3v) is 2.26. The van der Waals surface area contributed by atoms with Crippen LogP contribution in [-0.2, 0) is 4.74 Å². The number of carbonyl (C=O) groups is 1. The van der Waals surface area contributed by atoms with Gasteiger partial charge in [0.15, 0.2) is 0 Å². The van der Waals surface area contributed by atoms with Gasteiger partial charge in [0.05, 0.1) is 23.4 Å². The Hall–Kier alpha value is -1.22. The average molecular weight is 228 g/mol. The fraction of sp³-hybridized carbons (Fsp3) is 0.364. The molecule has 1 aromatic rings. The highest BCUT2D eigenvalue weighted by Crippen LogP contribution is 2.26. The zero-order valence-electron chi connectivity index (χ0n) is 9.00. The van der Waals surface area contributed by atoms with E-state index in [2.05, 4.69) is 10.1 Å². The smallest absolute Gasteiger partial charge is 0.339 e. The van der Waals surface area contributed by atoms with Crippen LogP contribution in [0.2, 0.25) is 5.02 Å². The fourth-order valence-corrected chi connectivity index (χ4v) is 1.48. The van der Waals surface area contributed by atoms with E-state index in [1.54, 1.807) is 12.1 Å². The number of carbonyl (C=O) groups excluding carboxylic acids is 1. The van der Waals surface area contributed by atoms with Gasteiger partial charge >= 0.3 is 5.97 Å². The van der Waals surface area contributed by atoms with Crippen LogP contribution in [0.1, 0.15) is 24.2 Å². The molecule has 1 rings (SSSR count). The van der Waals surface area contributed by atoms with Gasteiger partial charge in [-0.2, -0.15) is 0 Å². The van der Waals surface area contributed by atoms with Gasteiger partial charge in [-0.15, -0.1) is 0 Å². The molecule has 0 radical (unpaired) electrons. The first kappa shape index (κ1) is 11.9. The minimum atomic E-state index is -0.424. The van der Waals surface area contributed by atoms with Crippen molar-refractivity contribution < 1.29 is 9.53 Å². The Morgan fingerprint density at radius 2 is 2.13 bits per heavy atom. The molecule has 82 valence electrons. The molecule has 0 saturated heterocycles. The highest BCUT2D eigenvalue weighted by molar-refractivity contribution is 6.36. The second-order valence-electron chi connectivity index (χ2n) is 3.46. The number of hydrogen-bond acceptors (Lipinski definition) is 3. The fourth-order valence-electron chi connectivity index (χ4n) is 1.22. The minimum absolute atomic E-state index is 0.260. The van der Waals surface area contributed by atoms with Gasteiger partial charge in [0.25, 0.3) is 0 Å². The van der Waals surface area contributed by atoms with E-state index in [1.165, 1.54) is 7.11 Å². The second-order valence-corrected chi connectivity index (χ2v) is 3.84. The topological polar surface area (TPSA) is 38.3 Å². The molecule has 0 unspecified atom stereocenters. The van der Waals surface area contributed by atoms with Crippen molar-refractivity contribution in [2.45, 2.75) is 19.9 Å². The van der Waals surface area contributed by atoms with Crippen molar-refractivity contribution >= 4 is 23.3 Å². The summed E-state index contributed by atoms with van der Waals surface area (Å²) in [7, 11) is 1.33. The summed E-state index contributed by atoms with van der Waals surface area (Å²) < 4.78 is 4.63. The first-order valence-corrected chi connectivity index (χ1v) is 5.07. The van der Waals surface area contributed by atoms with Crippen molar-refractivity contribution in [3.8, 4) is 0 Å². The number of rotatable bonds is 3. The van der Waals surface area contributed by atoms with Gasteiger partial charge in [0.1, 0.15) is 0 Å². The van der Waals surface area contributed by atoms with Crippen LogP contribution in [-0.4, -0.2) is 19.1 Å². The maximum atomic E-state index is 11.3. The molecule has 0 heterocycles. The molecule has 0 aliphatic heterocycles. The van der Waals surface area contributed by atoms with Gasteiger partial charge in [0, 0.05) is 6.04 Å². The maximum Gasteiger partial charge on any atom is 0.339 e. The molecule has 4 heteroatoms. The summed E-state index contributed by atoms with van der Waals surface area (Å²) in [6.07, 6.45) is 0. The summed E-state index contributed by atoms with van der Waals surface area (Å²) in [5.74, 6) is -0.424. The summed E-state index contributed by atoms with van der Waals surface area (Å²) in [6.45, 7) is 4.00. The summed E-state index contributed by atoms with van der Waals surface area (Å²) in [5, 5.41) is 3.55. The maximum absolute atomic E-state index is 11.3. The number of halogens is 1. The molecule has 0 atom stereocenters. The van der Waals surface area contributed by atoms with Crippen molar-refractivity contribution in [3.05, 3.63) is 28.8 Å². The van der Waals surface area contributed by atoms with Crippen molar-refractivity contribution in [3.63, 3.8) is 0 Å². The van der Waals surface area contributed by atoms with E-state index in [0.29, 0.717) is 10.6 Å². The van der Waals surface area contributed by atoms with Crippen LogP contribution < -0.4 is 5.32 Å². The Balaban J connectivity index is 3.05. The normalized spacial score (nSPS) is 10.2. The molecule has 3 nitrogen and oxygen atoms in total. The molecule has 1 N–H and O–H groups in total. The molecule has 0 aliphatic carbocycles. The Bertz CT molecular complexity index is 364. The van der Waals surface area contributed by atoms with Crippen LogP contribution in [0, 0.1) is 0 Å². The first-order valence-electron chi connectivity index (χ1n) is 4.69. The molecular formula is C11H14ClNO2. The predicted octanol–water partition coefficient (Wildman–Crippen LogP) is 2.95. The van der Waals surface area contributed by atoms with Gasteiger partial charge in [-0.25, -0.2) is 4.79 Å². The third-order valence-electron chi connectivity index (χ3n) is 1.85. The number of methoxy groups -OCH3 is 1. The first-order chi connectivity index (χ1) is 7.06. The summed E-state index contributed by atoms with van der Waals surface area (Å²) >= 11 is 6.06. The van der Waals surface area contributed by atoms with Crippen LogP contribution in [0.5, 0.6) is 0 Å². The van der Waals surface area contributed by atoms with Crippen LogP contribution in [0.25, 0.3) is 0 Å². The van der Waals surface area contributed by atoms with E-state index >= 15 is 0 Å². The van der Waals surface area contributed by atoms with Crippen LogP contribution in [0.15, 0.2) is 18.2 Å². The predicted molar refractivity (Wildman–Crippen MR) is 61.6 cm³/mol. The lowest BCUT2D eigenvalue weighted by atomic mass is 10.2. The van der Waals surface area contributed by atoms with Gasteiger partial charge in [-0.1, -0.05) is 17.7 Å². The zero-order valence-corrected chi connectivity index (χ0v) is 9.76. The molecule has 15 heavy (non-hydrogen) atoms. The Kier molecular flexibility index (Phi) is 3.97. The number of hydrogen-bond donors (Lipinski definition) is 1. The Morgan fingerprint density at radius 1 is 1.47 bits per heavy atom. The number of nitrogens with one attached hydrogen (secondary N) is 1. The van der Waals surface area contributed by atoms with Crippen molar-refractivity contribution in [1.82, 2.24) is 0 Å². The number of ether oxygens (including phenoxy) is 1. The molecule has 0 saturated carbocycles. The molecule has 1 aromatic carbocycles. The Morgan fingerprint density at radius 3 is 2.67 bits per heavy atom. The van der Waals surface area contributed by atoms with E-state index in [4.69, 9.17) is 11.6 Å². The third kappa shape index (κ3) is 2.86. The largest absolute Gasteiger partial charge is 0.465 e. The highest BCUT2D eigenvalue weighted by Gasteiger charge is 2.13. The average Bonchev–Trinajstić information content (AvgIpc) is 2.19. The summed E-state index contributed by atoms with van der Waals surface area (Å²) in [4.78, 5) is 11.3. The van der Waals surface area contributed by atoms with Gasteiger partial charge in [-0.05, 0) is 26.0 Å². The van der Waals surface area contributed by atoms with Crippen LogP contribution >= 0.6 is 11.6 Å². The lowest BCUT2D eigenvalue weighted by Gasteiger charge is -2.13. The summed E-state index contributed by atoms with van der Waals surface area (Å²) in [5.41, 5.74) is 1.12. The SMILES string of the molecule is COC(=O)c1cccc(NC(C)C)c1Cl. The standard InChI is InChI=1S/C11H14ClNO2/c1-7(2)13-9-6-4-5-8(10(9)12)11(14)15-3/h4-7,13H,1-3H3. The molecule has 0 aliphatic rings. The Labute approximate surface area is 94.4 Å². The lowest BCUT2D eigenvalue weighted by Crippen LogP contribution is -2.11. The lowest BCUT2D eigenvalue weighted by molar-refractivity contribution is 0.0601. The highest BCUT2D eigenvalue weighted by atomic mass is 35.5. The molecule has 0 amide bonds. The molecule has 0 bridgehead atoms. The van der Waals surface area contributed by atoms with Gasteiger partial charge in [-0.3, -0.25) is 0 Å². The number of anilines is 1. The quantitative estimate of drug-likeness (QED) is 0.807. The van der Waals surface area contributed by atoms with Gasteiger partial charge in [0.2, 0.25) is 0 Å². The number of benzene rings is 1. The van der Waals surface area contributed by atoms with Crippen LogP contribution in [0.3, 0.4) is 0 Å². The monoisotopic (exact) mass is 227 g/mol. The van der Waals surface area contributed by atoms with Crippen molar-refractivity contribution in [2.75, 3.05) is 12.4 Å². The van der Waals surface area contributed by atoms with E-state index in [0.717, 1.165) is 5.69 Å².